The highest BCUT2D eigenvalue weighted by molar-refractivity contribution is 7.03. The molecule has 6 rings (SSSR count). The first-order valence-corrected chi connectivity index (χ1v) is 11.9. The number of hydrogen-bond donors (Lipinski definition) is 0. The molecule has 6 aromatic rings. The lowest BCUT2D eigenvalue weighted by Crippen LogP contribution is -2.22. The van der Waals surface area contributed by atoms with E-state index in [9.17, 15) is 4.79 Å². The van der Waals surface area contributed by atoms with Crippen molar-refractivity contribution < 1.29 is 0 Å². The number of aromatic nitrogens is 7. The Hall–Kier alpha value is -4.21. The average Bonchev–Trinajstić information content (AvgIpc) is 3.54. The van der Waals surface area contributed by atoms with Gasteiger partial charge < -0.3 is 0 Å². The molecule has 0 aliphatic carbocycles. The first-order valence-electron chi connectivity index (χ1n) is 10.7. The second-order valence-electron chi connectivity index (χ2n) is 7.84. The largest absolute Gasteiger partial charge is 0.367 e. The van der Waals surface area contributed by atoms with Gasteiger partial charge in [-0.25, -0.2) is 9.48 Å². The Kier molecular flexibility index (Phi) is 5.40. The van der Waals surface area contributed by atoms with Crippen LogP contribution >= 0.6 is 23.1 Å². The van der Waals surface area contributed by atoms with E-state index in [1.54, 1.807) is 18.6 Å². The summed E-state index contributed by atoms with van der Waals surface area (Å²) in [5.74, 6) is 0. The van der Waals surface area contributed by atoms with Crippen LogP contribution in [0.2, 0.25) is 5.02 Å². The van der Waals surface area contributed by atoms with Gasteiger partial charge in [-0.2, -0.15) is 9.61 Å². The molecule has 0 saturated heterocycles. The fraction of sp³-hybridized carbons (Fsp3) is 0.0400. The molecule has 0 saturated carbocycles. The minimum Gasteiger partial charge on any atom is -0.265 e. The minimum atomic E-state index is -0.314. The van der Waals surface area contributed by atoms with E-state index >= 15 is 0 Å². The van der Waals surface area contributed by atoms with Crippen LogP contribution < -0.4 is 5.69 Å². The Morgan fingerprint density at radius 2 is 1.63 bits per heavy atom. The van der Waals surface area contributed by atoms with Crippen LogP contribution in [0, 0.1) is 0 Å². The number of nitrogens with zero attached hydrogens (tertiary/aromatic N) is 7. The van der Waals surface area contributed by atoms with E-state index in [0.717, 1.165) is 39.1 Å². The first-order chi connectivity index (χ1) is 17.2. The van der Waals surface area contributed by atoms with Crippen LogP contribution in [0.25, 0.3) is 39.2 Å². The Morgan fingerprint density at radius 1 is 0.886 bits per heavy atom. The molecule has 0 aliphatic heterocycles. The molecule has 0 atom stereocenters. The van der Waals surface area contributed by atoms with Gasteiger partial charge in [-0.05, 0) is 52.5 Å². The summed E-state index contributed by atoms with van der Waals surface area (Å²) in [7, 11) is 0. The van der Waals surface area contributed by atoms with E-state index in [1.165, 1.54) is 20.7 Å². The van der Waals surface area contributed by atoms with Crippen molar-refractivity contribution in [2.45, 2.75) is 6.54 Å². The fourth-order valence-corrected chi connectivity index (χ4v) is 4.55. The summed E-state index contributed by atoms with van der Waals surface area (Å²) in [5, 5.41) is 15.8. The van der Waals surface area contributed by atoms with Gasteiger partial charge in [-0.3, -0.25) is 4.98 Å². The lowest BCUT2D eigenvalue weighted by molar-refractivity contribution is 0.650. The molecular weight excluding hydrogens is 482 g/mol. The Balaban J connectivity index is 1.46. The lowest BCUT2D eigenvalue weighted by Gasteiger charge is -2.10. The van der Waals surface area contributed by atoms with Crippen LogP contribution in [0.1, 0.15) is 5.56 Å². The highest BCUT2D eigenvalue weighted by atomic mass is 35.5. The van der Waals surface area contributed by atoms with Gasteiger partial charge in [0.25, 0.3) is 0 Å². The maximum atomic E-state index is 13.2. The molecule has 2 aromatic carbocycles. The molecule has 0 amide bonds. The molecule has 0 spiro atoms. The number of rotatable bonds is 5. The number of pyridine rings is 1. The molecule has 0 bridgehead atoms. The van der Waals surface area contributed by atoms with Crippen molar-refractivity contribution in [2.24, 2.45) is 0 Å². The monoisotopic (exact) mass is 497 g/mol. The summed E-state index contributed by atoms with van der Waals surface area (Å²) in [6.45, 7) is 0.309. The molecule has 0 unspecified atom stereocenters. The molecule has 0 aliphatic rings. The SMILES string of the molecule is O=c1n(Cc2ccc(-c3csnn3)cc2)nc2c(-c3ccncc3)c(-c3ccc(Cl)cc3)cnn12. The molecule has 0 fully saturated rings. The summed E-state index contributed by atoms with van der Waals surface area (Å²) < 4.78 is 6.67. The van der Waals surface area contributed by atoms with Crippen molar-refractivity contribution in [1.29, 1.82) is 0 Å². The molecule has 0 N–H and O–H groups in total. The molecule has 4 heterocycles. The van der Waals surface area contributed by atoms with Crippen molar-refractivity contribution >= 4 is 28.8 Å². The molecule has 8 nitrogen and oxygen atoms in total. The zero-order valence-corrected chi connectivity index (χ0v) is 19.7. The van der Waals surface area contributed by atoms with Crippen molar-refractivity contribution in [1.82, 2.24) is 34.0 Å². The van der Waals surface area contributed by atoms with Gasteiger partial charge in [0.15, 0.2) is 5.65 Å². The van der Waals surface area contributed by atoms with E-state index in [4.69, 9.17) is 16.7 Å². The van der Waals surface area contributed by atoms with Crippen LogP contribution in [0.4, 0.5) is 0 Å². The number of benzene rings is 2. The van der Waals surface area contributed by atoms with Crippen LogP contribution in [0.5, 0.6) is 0 Å². The van der Waals surface area contributed by atoms with Crippen molar-refractivity contribution in [3.63, 3.8) is 0 Å². The van der Waals surface area contributed by atoms with Crippen LogP contribution in [0.3, 0.4) is 0 Å². The normalized spacial score (nSPS) is 11.2. The third-order valence-corrected chi connectivity index (χ3v) is 6.44. The molecule has 0 radical (unpaired) electrons. The predicted octanol–water partition coefficient (Wildman–Crippen LogP) is 4.84. The molecule has 35 heavy (non-hydrogen) atoms. The fourth-order valence-electron chi connectivity index (χ4n) is 3.96. The van der Waals surface area contributed by atoms with E-state index in [0.29, 0.717) is 17.2 Å². The number of hydrogen-bond acceptors (Lipinski definition) is 7. The minimum absolute atomic E-state index is 0.309. The van der Waals surface area contributed by atoms with Gasteiger partial charge in [0.2, 0.25) is 0 Å². The number of fused-ring (bicyclic) bond motifs is 1. The standard InChI is InChI=1S/C25H16ClN7OS/c26-20-7-5-17(6-8-20)21-13-28-33-24(23(21)19-9-11-27-12-10-19)30-32(25(33)34)14-16-1-3-18(4-2-16)22-15-35-31-29-22/h1-13,15H,14H2. The van der Waals surface area contributed by atoms with E-state index < -0.39 is 0 Å². The number of halogens is 1. The third-order valence-electron chi connectivity index (χ3n) is 5.68. The van der Waals surface area contributed by atoms with Crippen LogP contribution in [-0.4, -0.2) is 34.0 Å². The van der Waals surface area contributed by atoms with E-state index in [1.807, 2.05) is 66.0 Å². The van der Waals surface area contributed by atoms with Crippen LogP contribution in [0.15, 0.2) is 89.4 Å². The van der Waals surface area contributed by atoms with Gasteiger partial charge in [-0.1, -0.05) is 52.5 Å². The highest BCUT2D eigenvalue weighted by Gasteiger charge is 2.19. The summed E-state index contributed by atoms with van der Waals surface area (Å²) in [4.78, 5) is 17.4. The van der Waals surface area contributed by atoms with Gasteiger partial charge in [0, 0.05) is 39.5 Å². The topological polar surface area (TPSA) is 90.9 Å². The Bertz CT molecular complexity index is 1680. The summed E-state index contributed by atoms with van der Waals surface area (Å²) in [5.41, 5.74) is 6.34. The Labute approximate surface area is 208 Å². The van der Waals surface area contributed by atoms with Crippen LogP contribution in [-0.2, 0) is 6.54 Å². The molecule has 170 valence electrons. The molecule has 4 aromatic heterocycles. The maximum Gasteiger partial charge on any atom is 0.367 e. The highest BCUT2D eigenvalue weighted by Crippen LogP contribution is 2.34. The van der Waals surface area contributed by atoms with Crippen molar-refractivity contribution in [3.8, 4) is 33.5 Å². The van der Waals surface area contributed by atoms with Crippen molar-refractivity contribution in [2.75, 3.05) is 0 Å². The van der Waals surface area contributed by atoms with Gasteiger partial charge in [-0.15, -0.1) is 10.2 Å². The summed E-state index contributed by atoms with van der Waals surface area (Å²) in [6, 6.07) is 19.1. The van der Waals surface area contributed by atoms with E-state index in [2.05, 4.69) is 19.7 Å². The average molecular weight is 498 g/mol. The second-order valence-corrected chi connectivity index (χ2v) is 8.88. The predicted molar refractivity (Wildman–Crippen MR) is 135 cm³/mol. The molecular formula is C25H16ClN7OS. The smallest absolute Gasteiger partial charge is 0.265 e. The van der Waals surface area contributed by atoms with Crippen molar-refractivity contribution in [3.05, 3.63) is 106 Å². The summed E-state index contributed by atoms with van der Waals surface area (Å²) in [6.07, 6.45) is 5.12. The Morgan fingerprint density at radius 3 is 2.34 bits per heavy atom. The quantitative estimate of drug-likeness (QED) is 0.338. The lowest BCUT2D eigenvalue weighted by atomic mass is 9.98. The maximum absolute atomic E-state index is 13.2. The van der Waals surface area contributed by atoms with E-state index in [-0.39, 0.29) is 5.69 Å². The first kappa shape index (κ1) is 21.3. The zero-order chi connectivity index (χ0) is 23.8. The molecule has 10 heteroatoms. The van der Waals surface area contributed by atoms with Gasteiger partial charge in [0.05, 0.1) is 12.7 Å². The zero-order valence-electron chi connectivity index (χ0n) is 18.1. The summed E-state index contributed by atoms with van der Waals surface area (Å²) >= 11 is 7.41. The van der Waals surface area contributed by atoms with Gasteiger partial charge in [0.1, 0.15) is 5.69 Å². The second kappa shape index (κ2) is 8.86. The van der Waals surface area contributed by atoms with Gasteiger partial charge >= 0.3 is 5.69 Å². The third kappa shape index (κ3) is 4.01.